The molecule has 2 heteroatoms. The van der Waals surface area contributed by atoms with Gasteiger partial charge in [0.25, 0.3) is 0 Å². The lowest BCUT2D eigenvalue weighted by molar-refractivity contribution is 0.382. The number of aliphatic imine (C=N–C) groups is 2. The van der Waals surface area contributed by atoms with E-state index < -0.39 is 0 Å². The normalized spacial score (nSPS) is 15.1. The molecular formula is C26H33N2+. The van der Waals surface area contributed by atoms with Crippen LogP contribution in [0.2, 0.25) is 0 Å². The SMILES string of the molecule is CCCCCCCCC([C+]1N=CC=N1)C(Cc1ccccc1)c1ccccc1. The van der Waals surface area contributed by atoms with E-state index in [0.717, 1.165) is 19.0 Å². The summed E-state index contributed by atoms with van der Waals surface area (Å²) >= 11 is 0. The molecule has 1 heterocycles. The zero-order chi connectivity index (χ0) is 19.4. The molecule has 0 saturated heterocycles. The highest BCUT2D eigenvalue weighted by molar-refractivity contribution is 6.18. The summed E-state index contributed by atoms with van der Waals surface area (Å²) in [4.78, 5) is 9.24. The van der Waals surface area contributed by atoms with Crippen molar-refractivity contribution in [3.8, 4) is 0 Å². The molecule has 28 heavy (non-hydrogen) atoms. The summed E-state index contributed by atoms with van der Waals surface area (Å²) in [6.45, 7) is 2.27. The molecule has 2 unspecified atom stereocenters. The highest BCUT2D eigenvalue weighted by Crippen LogP contribution is 2.39. The molecule has 0 saturated carbocycles. The van der Waals surface area contributed by atoms with Crippen molar-refractivity contribution in [3.05, 3.63) is 78.0 Å². The van der Waals surface area contributed by atoms with E-state index in [1.54, 1.807) is 0 Å². The van der Waals surface area contributed by atoms with Crippen molar-refractivity contribution in [2.24, 2.45) is 15.9 Å². The van der Waals surface area contributed by atoms with Crippen LogP contribution in [0, 0.1) is 12.1 Å². The Balaban J connectivity index is 1.75. The van der Waals surface area contributed by atoms with Crippen LogP contribution in [0.5, 0.6) is 0 Å². The van der Waals surface area contributed by atoms with Gasteiger partial charge in [0.05, 0.1) is 5.92 Å². The van der Waals surface area contributed by atoms with E-state index >= 15 is 0 Å². The van der Waals surface area contributed by atoms with Gasteiger partial charge in [0, 0.05) is 5.92 Å². The van der Waals surface area contributed by atoms with E-state index in [1.807, 2.05) is 12.4 Å². The Morgan fingerprint density at radius 3 is 2.04 bits per heavy atom. The van der Waals surface area contributed by atoms with Crippen molar-refractivity contribution >= 4 is 12.4 Å². The average molecular weight is 374 g/mol. The monoisotopic (exact) mass is 373 g/mol. The predicted octanol–water partition coefficient (Wildman–Crippen LogP) is 7.02. The second kappa shape index (κ2) is 11.5. The molecule has 0 spiro atoms. The molecule has 1 aliphatic heterocycles. The van der Waals surface area contributed by atoms with Gasteiger partial charge in [-0.3, -0.25) is 0 Å². The minimum atomic E-state index is 0.365. The molecule has 3 rings (SSSR count). The van der Waals surface area contributed by atoms with Gasteiger partial charge in [-0.1, -0.05) is 116 Å². The topological polar surface area (TPSA) is 24.7 Å². The number of rotatable bonds is 12. The van der Waals surface area contributed by atoms with Crippen LogP contribution < -0.4 is 0 Å². The Bertz CT molecular complexity index is 709. The van der Waals surface area contributed by atoms with Crippen LogP contribution in [-0.4, -0.2) is 12.4 Å². The van der Waals surface area contributed by atoms with E-state index in [0.29, 0.717) is 11.8 Å². The first kappa shape index (κ1) is 20.4. The van der Waals surface area contributed by atoms with Crippen LogP contribution in [0.15, 0.2) is 70.6 Å². The fourth-order valence-electron chi connectivity index (χ4n) is 4.16. The van der Waals surface area contributed by atoms with Crippen molar-refractivity contribution in [2.45, 2.75) is 64.2 Å². The quantitative estimate of drug-likeness (QED) is 0.282. The van der Waals surface area contributed by atoms with Gasteiger partial charge in [0.1, 0.15) is 0 Å². The predicted molar refractivity (Wildman–Crippen MR) is 121 cm³/mol. The lowest BCUT2D eigenvalue weighted by atomic mass is 9.77. The molecule has 2 aromatic carbocycles. The Morgan fingerprint density at radius 2 is 1.36 bits per heavy atom. The smallest absolute Gasteiger partial charge is 0.0965 e. The third kappa shape index (κ3) is 6.09. The minimum Gasteiger partial charge on any atom is -0.0965 e. The highest BCUT2D eigenvalue weighted by Gasteiger charge is 2.36. The van der Waals surface area contributed by atoms with Gasteiger partial charge in [0.15, 0.2) is 12.4 Å². The Kier molecular flexibility index (Phi) is 8.36. The Hall–Kier alpha value is -2.35. The highest BCUT2D eigenvalue weighted by atomic mass is 15.0. The Labute approximate surface area is 170 Å². The summed E-state index contributed by atoms with van der Waals surface area (Å²) in [7, 11) is 0. The van der Waals surface area contributed by atoms with Crippen LogP contribution in [-0.2, 0) is 6.42 Å². The van der Waals surface area contributed by atoms with E-state index in [9.17, 15) is 0 Å². The third-order valence-electron chi connectivity index (χ3n) is 5.69. The van der Waals surface area contributed by atoms with Gasteiger partial charge in [-0.15, -0.1) is 0 Å². The molecule has 0 aliphatic carbocycles. The molecule has 0 amide bonds. The van der Waals surface area contributed by atoms with E-state index in [2.05, 4.69) is 77.6 Å². The number of unbranched alkanes of at least 4 members (excludes halogenated alkanes) is 5. The van der Waals surface area contributed by atoms with Gasteiger partial charge in [0.2, 0.25) is 6.17 Å². The lowest BCUT2D eigenvalue weighted by Gasteiger charge is -2.26. The third-order valence-corrected chi connectivity index (χ3v) is 5.69. The van der Waals surface area contributed by atoms with Crippen molar-refractivity contribution < 1.29 is 0 Å². The molecule has 0 fully saturated rings. The fourth-order valence-corrected chi connectivity index (χ4v) is 4.16. The van der Waals surface area contributed by atoms with Gasteiger partial charge in [-0.2, -0.15) is 0 Å². The standard InChI is InChI=1S/C26H33N2/c1-2-3-4-5-6-13-18-24(26-27-19-20-28-26)25(23-16-11-8-12-17-23)21-22-14-9-7-10-15-22/h7-12,14-17,19-20,24-25H,2-6,13,18,21H2,1H3/q+1. The zero-order valence-electron chi connectivity index (χ0n) is 17.1. The number of hydrogen-bond acceptors (Lipinski definition) is 2. The molecule has 2 aromatic rings. The molecule has 0 aromatic heterocycles. The summed E-state index contributed by atoms with van der Waals surface area (Å²) in [6, 6.07) is 21.8. The van der Waals surface area contributed by atoms with Crippen LogP contribution >= 0.6 is 0 Å². The van der Waals surface area contributed by atoms with Gasteiger partial charge in [-0.05, 0) is 24.0 Å². The van der Waals surface area contributed by atoms with Crippen LogP contribution in [0.25, 0.3) is 0 Å². The first-order chi connectivity index (χ1) is 13.9. The largest absolute Gasteiger partial charge is 0.244 e. The van der Waals surface area contributed by atoms with Gasteiger partial charge >= 0.3 is 0 Å². The summed E-state index contributed by atoms with van der Waals surface area (Å²) in [6.07, 6.45) is 14.8. The summed E-state index contributed by atoms with van der Waals surface area (Å²) in [5.41, 5.74) is 2.78. The van der Waals surface area contributed by atoms with Crippen LogP contribution in [0.4, 0.5) is 0 Å². The van der Waals surface area contributed by atoms with Crippen molar-refractivity contribution in [1.29, 1.82) is 0 Å². The first-order valence-electron chi connectivity index (χ1n) is 10.9. The molecule has 1 aliphatic rings. The number of nitrogens with zero attached hydrogens (tertiary/aromatic N) is 2. The van der Waals surface area contributed by atoms with Gasteiger partial charge in [-0.25, -0.2) is 0 Å². The lowest BCUT2D eigenvalue weighted by Crippen LogP contribution is -2.20. The molecule has 2 nitrogen and oxygen atoms in total. The van der Waals surface area contributed by atoms with E-state index in [-0.39, 0.29) is 0 Å². The number of hydrogen-bond donors (Lipinski definition) is 0. The summed E-state index contributed by atoms with van der Waals surface area (Å²) < 4.78 is 0. The maximum Gasteiger partial charge on any atom is 0.244 e. The molecule has 0 N–H and O–H groups in total. The first-order valence-corrected chi connectivity index (χ1v) is 10.9. The zero-order valence-corrected chi connectivity index (χ0v) is 17.1. The second-order valence-corrected chi connectivity index (χ2v) is 7.78. The maximum absolute atomic E-state index is 4.62. The molecular weight excluding hydrogens is 340 g/mol. The van der Waals surface area contributed by atoms with Crippen LogP contribution in [0.1, 0.15) is 68.9 Å². The maximum atomic E-state index is 4.62. The van der Waals surface area contributed by atoms with E-state index in [1.165, 1.54) is 49.7 Å². The van der Waals surface area contributed by atoms with E-state index in [4.69, 9.17) is 0 Å². The number of benzene rings is 2. The van der Waals surface area contributed by atoms with Crippen LogP contribution in [0.3, 0.4) is 0 Å². The Morgan fingerprint density at radius 1 is 0.750 bits per heavy atom. The van der Waals surface area contributed by atoms with Crippen molar-refractivity contribution in [3.63, 3.8) is 0 Å². The fraction of sp³-hybridized carbons (Fsp3) is 0.423. The summed E-state index contributed by atoms with van der Waals surface area (Å²) in [5.74, 6) is 0.769. The molecule has 0 bridgehead atoms. The van der Waals surface area contributed by atoms with Crippen molar-refractivity contribution in [1.82, 2.24) is 0 Å². The summed E-state index contributed by atoms with van der Waals surface area (Å²) in [5, 5.41) is 0. The second-order valence-electron chi connectivity index (χ2n) is 7.78. The van der Waals surface area contributed by atoms with Crippen molar-refractivity contribution in [2.75, 3.05) is 0 Å². The molecule has 2 atom stereocenters. The molecule has 146 valence electrons. The average Bonchev–Trinajstić information content (AvgIpc) is 3.28. The van der Waals surface area contributed by atoms with Gasteiger partial charge < -0.3 is 0 Å². The minimum absolute atomic E-state index is 0.365. The molecule has 0 radical (unpaired) electrons.